The summed E-state index contributed by atoms with van der Waals surface area (Å²) in [6, 6.07) is 0.962. The molecule has 2 saturated heterocycles. The highest BCUT2D eigenvalue weighted by Crippen LogP contribution is 2.13. The van der Waals surface area contributed by atoms with E-state index < -0.39 is 10.0 Å². The van der Waals surface area contributed by atoms with Gasteiger partial charge in [-0.2, -0.15) is 0 Å². The van der Waals surface area contributed by atoms with Crippen LogP contribution in [0.2, 0.25) is 0 Å². The van der Waals surface area contributed by atoms with Crippen molar-refractivity contribution in [1.82, 2.24) is 20.3 Å². The van der Waals surface area contributed by atoms with E-state index in [-0.39, 0.29) is 35.8 Å². The van der Waals surface area contributed by atoms with Gasteiger partial charge in [0, 0.05) is 51.9 Å². The molecule has 0 saturated carbocycles. The summed E-state index contributed by atoms with van der Waals surface area (Å²) in [5.41, 5.74) is 0. The molecule has 0 aromatic carbocycles. The lowest BCUT2D eigenvalue weighted by Gasteiger charge is -2.35. The normalized spacial score (nSPS) is 22.7. The maximum atomic E-state index is 12.2. The molecule has 166 valence electrons. The smallest absolute Gasteiger partial charge is 0.213 e. The molecular weight excluding hydrogens is 493 g/mol. The fraction of sp³-hybridized carbons (Fsp3) is 0.944. The van der Waals surface area contributed by atoms with Gasteiger partial charge in [0.05, 0.1) is 11.9 Å². The van der Waals surface area contributed by atoms with Crippen LogP contribution in [0.15, 0.2) is 4.99 Å². The third kappa shape index (κ3) is 9.55. The van der Waals surface area contributed by atoms with Crippen LogP contribution in [-0.4, -0.2) is 83.1 Å². The third-order valence-electron chi connectivity index (χ3n) is 5.29. The van der Waals surface area contributed by atoms with Gasteiger partial charge in [-0.05, 0) is 46.0 Å². The van der Waals surface area contributed by atoms with Crippen LogP contribution in [0.5, 0.6) is 0 Å². The summed E-state index contributed by atoms with van der Waals surface area (Å²) in [6.45, 7) is 8.02. The fourth-order valence-corrected chi connectivity index (χ4v) is 4.47. The van der Waals surface area contributed by atoms with Crippen molar-refractivity contribution in [3.05, 3.63) is 0 Å². The lowest BCUT2D eigenvalue weighted by molar-refractivity contribution is 0.0200. The lowest BCUT2D eigenvalue weighted by atomic mass is 10.0. The number of nitrogens with zero attached hydrogens (tertiary/aromatic N) is 2. The first-order chi connectivity index (χ1) is 12.9. The number of halogens is 1. The van der Waals surface area contributed by atoms with E-state index >= 15 is 0 Å². The number of likely N-dealkylation sites (tertiary alicyclic amines) is 1. The van der Waals surface area contributed by atoms with Crippen molar-refractivity contribution >= 4 is 40.0 Å². The molecule has 2 aliphatic heterocycles. The minimum absolute atomic E-state index is 0. The highest BCUT2D eigenvalue weighted by molar-refractivity contribution is 14.0. The van der Waals surface area contributed by atoms with Gasteiger partial charge in [-0.1, -0.05) is 0 Å². The Kier molecular flexibility index (Phi) is 12.2. The second-order valence-corrected chi connectivity index (χ2v) is 9.63. The van der Waals surface area contributed by atoms with E-state index in [4.69, 9.17) is 4.74 Å². The first-order valence-electron chi connectivity index (χ1n) is 10.2. The molecule has 0 aliphatic carbocycles. The Labute approximate surface area is 187 Å². The highest BCUT2D eigenvalue weighted by Gasteiger charge is 2.22. The zero-order valence-electron chi connectivity index (χ0n) is 17.4. The summed E-state index contributed by atoms with van der Waals surface area (Å²) in [5.74, 6) is 0.690. The standard InChI is InChI=1S/C18H37N5O3S.HI/c1-15(2)23-10-7-16(8-11-23)22-18(19-3)20-9-13-27(24,25)21-14-17-6-4-5-12-26-17;/h15-17,21H,4-14H2,1-3H3,(H2,19,20,22);1H. The van der Waals surface area contributed by atoms with Crippen molar-refractivity contribution in [3.8, 4) is 0 Å². The number of hydrogen-bond acceptors (Lipinski definition) is 5. The Morgan fingerprint density at radius 1 is 1.21 bits per heavy atom. The molecule has 1 atom stereocenters. The molecular formula is C18H38IN5O3S. The maximum absolute atomic E-state index is 12.2. The van der Waals surface area contributed by atoms with E-state index in [1.807, 2.05) is 0 Å². The summed E-state index contributed by atoms with van der Waals surface area (Å²) in [5, 5.41) is 6.53. The lowest BCUT2D eigenvalue weighted by Crippen LogP contribution is -2.50. The summed E-state index contributed by atoms with van der Waals surface area (Å²) in [6.07, 6.45) is 5.24. The third-order valence-corrected chi connectivity index (χ3v) is 6.64. The van der Waals surface area contributed by atoms with Crippen molar-refractivity contribution in [3.63, 3.8) is 0 Å². The molecule has 0 radical (unpaired) electrons. The second-order valence-electron chi connectivity index (χ2n) is 7.70. The number of sulfonamides is 1. The van der Waals surface area contributed by atoms with E-state index in [9.17, 15) is 8.42 Å². The van der Waals surface area contributed by atoms with Crippen molar-refractivity contribution < 1.29 is 13.2 Å². The molecule has 8 nitrogen and oxygen atoms in total. The van der Waals surface area contributed by atoms with Gasteiger partial charge in [-0.25, -0.2) is 13.1 Å². The van der Waals surface area contributed by atoms with Crippen LogP contribution >= 0.6 is 24.0 Å². The van der Waals surface area contributed by atoms with Gasteiger partial charge in [0.25, 0.3) is 0 Å². The van der Waals surface area contributed by atoms with Gasteiger partial charge in [-0.3, -0.25) is 4.99 Å². The Morgan fingerprint density at radius 2 is 1.93 bits per heavy atom. The summed E-state index contributed by atoms with van der Waals surface area (Å²) >= 11 is 0. The van der Waals surface area contributed by atoms with Crippen molar-refractivity contribution in [2.75, 3.05) is 45.6 Å². The molecule has 0 bridgehead atoms. The van der Waals surface area contributed by atoms with Crippen molar-refractivity contribution in [1.29, 1.82) is 0 Å². The molecule has 0 aromatic heterocycles. The van der Waals surface area contributed by atoms with Gasteiger partial charge in [0.2, 0.25) is 10.0 Å². The molecule has 28 heavy (non-hydrogen) atoms. The van der Waals surface area contributed by atoms with Crippen molar-refractivity contribution in [2.24, 2.45) is 4.99 Å². The van der Waals surface area contributed by atoms with Gasteiger partial charge < -0.3 is 20.3 Å². The second kappa shape index (κ2) is 13.2. The Balaban J connectivity index is 0.00000392. The molecule has 1 unspecified atom stereocenters. The Hall–Kier alpha value is -0.170. The van der Waals surface area contributed by atoms with Crippen LogP contribution in [0.3, 0.4) is 0 Å². The summed E-state index contributed by atoms with van der Waals surface area (Å²) in [4.78, 5) is 6.70. The van der Waals surface area contributed by atoms with Gasteiger partial charge in [0.15, 0.2) is 5.96 Å². The minimum Gasteiger partial charge on any atom is -0.377 e. The van der Waals surface area contributed by atoms with Crippen LogP contribution in [0.25, 0.3) is 0 Å². The van der Waals surface area contributed by atoms with Gasteiger partial charge in [0.1, 0.15) is 0 Å². The van der Waals surface area contributed by atoms with Crippen LogP contribution in [0, 0.1) is 0 Å². The predicted molar refractivity (Wildman–Crippen MR) is 125 cm³/mol. The fourth-order valence-electron chi connectivity index (χ4n) is 3.51. The molecule has 2 rings (SSSR count). The van der Waals surface area contributed by atoms with E-state index in [0.717, 1.165) is 51.8 Å². The van der Waals surface area contributed by atoms with Crippen LogP contribution in [-0.2, 0) is 14.8 Å². The highest BCUT2D eigenvalue weighted by atomic mass is 127. The molecule has 2 aliphatic rings. The Morgan fingerprint density at radius 3 is 2.50 bits per heavy atom. The number of ether oxygens (including phenoxy) is 1. The minimum atomic E-state index is -3.32. The van der Waals surface area contributed by atoms with E-state index in [1.54, 1.807) is 7.05 Å². The number of piperidine rings is 1. The molecule has 0 spiro atoms. The maximum Gasteiger partial charge on any atom is 0.213 e. The monoisotopic (exact) mass is 531 g/mol. The van der Waals surface area contributed by atoms with E-state index in [0.29, 0.717) is 31.1 Å². The van der Waals surface area contributed by atoms with Gasteiger partial charge in [-0.15, -0.1) is 24.0 Å². The average molecular weight is 532 g/mol. The van der Waals surface area contributed by atoms with Crippen LogP contribution < -0.4 is 15.4 Å². The number of aliphatic imine (C=N–C) groups is 1. The summed E-state index contributed by atoms with van der Waals surface area (Å²) in [7, 11) is -1.60. The molecule has 0 aromatic rings. The zero-order chi connectivity index (χ0) is 19.7. The van der Waals surface area contributed by atoms with Gasteiger partial charge >= 0.3 is 0 Å². The summed E-state index contributed by atoms with van der Waals surface area (Å²) < 4.78 is 32.5. The molecule has 2 heterocycles. The molecule has 0 amide bonds. The number of rotatable bonds is 8. The first kappa shape index (κ1) is 25.9. The number of nitrogens with one attached hydrogen (secondary N) is 3. The number of hydrogen-bond donors (Lipinski definition) is 3. The largest absolute Gasteiger partial charge is 0.377 e. The topological polar surface area (TPSA) is 95.1 Å². The molecule has 3 N–H and O–H groups in total. The van der Waals surface area contributed by atoms with Crippen LogP contribution in [0.4, 0.5) is 0 Å². The van der Waals surface area contributed by atoms with Crippen molar-refractivity contribution in [2.45, 2.75) is 64.1 Å². The number of guanidine groups is 1. The first-order valence-corrected chi connectivity index (χ1v) is 11.8. The quantitative estimate of drug-likeness (QED) is 0.247. The van der Waals surface area contributed by atoms with E-state index in [1.165, 1.54) is 0 Å². The zero-order valence-corrected chi connectivity index (χ0v) is 20.6. The average Bonchev–Trinajstić information content (AvgIpc) is 2.67. The molecule has 10 heteroatoms. The van der Waals surface area contributed by atoms with Crippen LogP contribution in [0.1, 0.15) is 46.0 Å². The SMILES string of the molecule is CN=C(NCCS(=O)(=O)NCC1CCCCO1)NC1CCN(C(C)C)CC1.I. The predicted octanol–water partition coefficient (Wildman–Crippen LogP) is 1.13. The Bertz CT molecular complexity index is 560. The molecule has 2 fully saturated rings. The van der Waals surface area contributed by atoms with E-state index in [2.05, 4.69) is 39.1 Å².